The molecule has 1 unspecified atom stereocenters. The number of halogens is 1. The number of Topliss-reactive ketones (excluding diaryl/α,β-unsaturated/α-hetero) is 1. The molecule has 4 aliphatic heterocycles. The van der Waals surface area contributed by atoms with Gasteiger partial charge in [0.15, 0.2) is 12.6 Å². The molecule has 0 saturated carbocycles. The van der Waals surface area contributed by atoms with Gasteiger partial charge in [0, 0.05) is 35.3 Å². The van der Waals surface area contributed by atoms with Crippen LogP contribution in [0, 0.1) is 0 Å². The van der Waals surface area contributed by atoms with E-state index in [1.165, 1.54) is 0 Å². The highest BCUT2D eigenvalue weighted by molar-refractivity contribution is 9.10. The average molecular weight is 500 g/mol. The van der Waals surface area contributed by atoms with Crippen LogP contribution in [0.3, 0.4) is 0 Å². The minimum atomic E-state index is -0.139. The van der Waals surface area contributed by atoms with Crippen molar-refractivity contribution in [3.63, 3.8) is 0 Å². The van der Waals surface area contributed by atoms with Crippen LogP contribution in [0.2, 0.25) is 0 Å². The first kappa shape index (κ1) is 20.2. The van der Waals surface area contributed by atoms with E-state index in [4.69, 9.17) is 23.7 Å². The van der Waals surface area contributed by atoms with Crippen LogP contribution in [0.25, 0.3) is 6.08 Å². The SMILES string of the molecule is O=C1/C(=C/c2cc(Br)cc3c2OCOC3)Oc2c1ccc1c2CN(CC2CCCO2)CO1. The van der Waals surface area contributed by atoms with E-state index in [1.807, 2.05) is 18.2 Å². The zero-order chi connectivity index (χ0) is 21.7. The minimum Gasteiger partial charge on any atom is -0.478 e. The zero-order valence-corrected chi connectivity index (χ0v) is 19.0. The van der Waals surface area contributed by atoms with Crippen LogP contribution in [-0.4, -0.2) is 43.5 Å². The van der Waals surface area contributed by atoms with Gasteiger partial charge >= 0.3 is 0 Å². The van der Waals surface area contributed by atoms with Crippen LogP contribution in [0.5, 0.6) is 17.2 Å². The van der Waals surface area contributed by atoms with Gasteiger partial charge in [0.25, 0.3) is 0 Å². The molecule has 4 heterocycles. The minimum absolute atomic E-state index is 0.139. The number of hydrogen-bond donors (Lipinski definition) is 0. The lowest BCUT2D eigenvalue weighted by molar-refractivity contribution is -0.0165. The van der Waals surface area contributed by atoms with Crippen LogP contribution in [0.4, 0.5) is 0 Å². The molecule has 8 heteroatoms. The van der Waals surface area contributed by atoms with E-state index in [0.717, 1.165) is 52.9 Å². The van der Waals surface area contributed by atoms with Crippen LogP contribution in [0.1, 0.15) is 39.9 Å². The zero-order valence-electron chi connectivity index (χ0n) is 17.4. The van der Waals surface area contributed by atoms with Crippen LogP contribution >= 0.6 is 15.9 Å². The lowest BCUT2D eigenvalue weighted by Gasteiger charge is -2.31. The number of fused-ring (bicyclic) bond motifs is 4. The van der Waals surface area contributed by atoms with Gasteiger partial charge in [-0.1, -0.05) is 15.9 Å². The molecule has 0 amide bonds. The summed E-state index contributed by atoms with van der Waals surface area (Å²) in [4.78, 5) is 15.4. The van der Waals surface area contributed by atoms with Gasteiger partial charge in [0.1, 0.15) is 24.0 Å². The second kappa shape index (κ2) is 8.19. The maximum absolute atomic E-state index is 13.2. The summed E-state index contributed by atoms with van der Waals surface area (Å²) >= 11 is 3.53. The van der Waals surface area contributed by atoms with E-state index in [-0.39, 0.29) is 24.4 Å². The molecule has 4 aliphatic rings. The molecule has 0 N–H and O–H groups in total. The summed E-state index contributed by atoms with van der Waals surface area (Å²) in [6.45, 7) is 3.45. The summed E-state index contributed by atoms with van der Waals surface area (Å²) in [6.07, 6.45) is 4.16. The Morgan fingerprint density at radius 2 is 2.12 bits per heavy atom. The second-order valence-corrected chi connectivity index (χ2v) is 9.29. The molecule has 7 nitrogen and oxygen atoms in total. The van der Waals surface area contributed by atoms with Crippen molar-refractivity contribution in [3.8, 4) is 17.2 Å². The summed E-state index contributed by atoms with van der Waals surface area (Å²) < 4.78 is 29.9. The molecular weight excluding hydrogens is 478 g/mol. The number of nitrogens with zero attached hydrogens (tertiary/aromatic N) is 1. The molecule has 0 bridgehead atoms. The number of ether oxygens (including phenoxy) is 5. The number of rotatable bonds is 3. The van der Waals surface area contributed by atoms with Crippen molar-refractivity contribution in [2.75, 3.05) is 26.7 Å². The van der Waals surface area contributed by atoms with E-state index >= 15 is 0 Å². The third kappa shape index (κ3) is 3.61. The first-order valence-corrected chi connectivity index (χ1v) is 11.5. The Bertz CT molecular complexity index is 1120. The molecule has 1 atom stereocenters. The number of hydrogen-bond acceptors (Lipinski definition) is 7. The van der Waals surface area contributed by atoms with Crippen molar-refractivity contribution in [3.05, 3.63) is 56.8 Å². The smallest absolute Gasteiger partial charge is 0.231 e. The Morgan fingerprint density at radius 3 is 3.00 bits per heavy atom. The highest BCUT2D eigenvalue weighted by Crippen LogP contribution is 2.43. The van der Waals surface area contributed by atoms with Crippen molar-refractivity contribution in [1.29, 1.82) is 0 Å². The van der Waals surface area contributed by atoms with Gasteiger partial charge in [-0.05, 0) is 43.2 Å². The van der Waals surface area contributed by atoms with Crippen molar-refractivity contribution in [1.82, 2.24) is 4.90 Å². The molecule has 0 aromatic heterocycles. The first-order chi connectivity index (χ1) is 15.7. The van der Waals surface area contributed by atoms with Gasteiger partial charge in [-0.25, -0.2) is 0 Å². The van der Waals surface area contributed by atoms with Crippen molar-refractivity contribution in [2.24, 2.45) is 0 Å². The molecule has 1 fully saturated rings. The molecule has 0 radical (unpaired) electrons. The Balaban J connectivity index is 1.31. The van der Waals surface area contributed by atoms with Gasteiger partial charge in [-0.3, -0.25) is 9.69 Å². The average Bonchev–Trinajstić information content (AvgIpc) is 3.42. The molecule has 166 valence electrons. The summed E-state index contributed by atoms with van der Waals surface area (Å²) in [5.74, 6) is 2.21. The quantitative estimate of drug-likeness (QED) is 0.584. The van der Waals surface area contributed by atoms with Crippen LogP contribution in [-0.2, 0) is 22.6 Å². The monoisotopic (exact) mass is 499 g/mol. The van der Waals surface area contributed by atoms with Crippen molar-refractivity contribution >= 4 is 27.8 Å². The predicted molar refractivity (Wildman–Crippen MR) is 119 cm³/mol. The van der Waals surface area contributed by atoms with E-state index in [2.05, 4.69) is 20.8 Å². The first-order valence-electron chi connectivity index (χ1n) is 10.8. The molecule has 32 heavy (non-hydrogen) atoms. The van der Waals surface area contributed by atoms with E-state index < -0.39 is 0 Å². The van der Waals surface area contributed by atoms with Gasteiger partial charge in [0.2, 0.25) is 5.78 Å². The normalized spacial score (nSPS) is 23.2. The van der Waals surface area contributed by atoms with Crippen molar-refractivity contribution < 1.29 is 28.5 Å². The molecule has 6 rings (SSSR count). The highest BCUT2D eigenvalue weighted by Gasteiger charge is 2.34. The maximum atomic E-state index is 13.2. The van der Waals surface area contributed by atoms with Gasteiger partial charge in [-0.15, -0.1) is 0 Å². The van der Waals surface area contributed by atoms with Crippen LogP contribution < -0.4 is 14.2 Å². The maximum Gasteiger partial charge on any atom is 0.231 e. The number of ketones is 1. The fourth-order valence-electron chi connectivity index (χ4n) is 4.65. The lowest BCUT2D eigenvalue weighted by Crippen LogP contribution is -2.37. The van der Waals surface area contributed by atoms with Crippen molar-refractivity contribution in [2.45, 2.75) is 32.1 Å². The third-order valence-electron chi connectivity index (χ3n) is 6.16. The molecular formula is C24H22BrNO6. The number of benzene rings is 2. The molecule has 2 aromatic rings. The second-order valence-electron chi connectivity index (χ2n) is 8.37. The Morgan fingerprint density at radius 1 is 1.19 bits per heavy atom. The number of allylic oxidation sites excluding steroid dienone is 1. The molecule has 1 saturated heterocycles. The van der Waals surface area contributed by atoms with Gasteiger partial charge in [0.05, 0.1) is 23.8 Å². The topological polar surface area (TPSA) is 66.5 Å². The number of carbonyl (C=O) groups excluding carboxylic acids is 1. The van der Waals surface area contributed by atoms with Gasteiger partial charge < -0.3 is 23.7 Å². The molecule has 2 aromatic carbocycles. The lowest BCUT2D eigenvalue weighted by atomic mass is 10.0. The third-order valence-corrected chi connectivity index (χ3v) is 6.62. The summed E-state index contributed by atoms with van der Waals surface area (Å²) in [5.41, 5.74) is 3.17. The van der Waals surface area contributed by atoms with E-state index in [1.54, 1.807) is 12.1 Å². The summed E-state index contributed by atoms with van der Waals surface area (Å²) in [7, 11) is 0. The Hall–Kier alpha value is -2.39. The fraction of sp³-hybridized carbons (Fsp3) is 0.375. The predicted octanol–water partition coefficient (Wildman–Crippen LogP) is 4.26. The van der Waals surface area contributed by atoms with E-state index in [9.17, 15) is 4.79 Å². The number of carbonyl (C=O) groups is 1. The standard InChI is InChI=1S/C24H22BrNO6/c25-16-6-14(23-15(7-16)11-28-13-31-23)8-21-22(27)18-3-4-20-19(24(18)32-21)10-26(12-30-20)9-17-2-1-5-29-17/h3-4,6-8,17H,1-2,5,9-13H2/b21-8-. The summed E-state index contributed by atoms with van der Waals surface area (Å²) in [5, 5.41) is 0. The Kier molecular flexibility index (Phi) is 5.18. The molecule has 0 spiro atoms. The molecule has 0 aliphatic carbocycles. The van der Waals surface area contributed by atoms with Crippen LogP contribution in [0.15, 0.2) is 34.5 Å². The largest absolute Gasteiger partial charge is 0.478 e. The van der Waals surface area contributed by atoms with E-state index in [0.29, 0.717) is 36.9 Å². The fourth-order valence-corrected chi connectivity index (χ4v) is 5.18. The van der Waals surface area contributed by atoms with Gasteiger partial charge in [-0.2, -0.15) is 0 Å². The summed E-state index contributed by atoms with van der Waals surface area (Å²) in [6, 6.07) is 7.52. The Labute approximate surface area is 194 Å². The highest BCUT2D eigenvalue weighted by atomic mass is 79.9.